The van der Waals surface area contributed by atoms with Crippen molar-refractivity contribution in [1.82, 2.24) is 4.90 Å². The van der Waals surface area contributed by atoms with E-state index in [2.05, 4.69) is 17.0 Å². The first-order valence-electron chi connectivity index (χ1n) is 11.3. The van der Waals surface area contributed by atoms with Crippen LogP contribution in [0.1, 0.15) is 25.3 Å². The number of ether oxygens (including phenoxy) is 2. The Bertz CT molecular complexity index is 1020. The topological polar surface area (TPSA) is 54.4 Å². The average molecular weight is 454 g/mol. The van der Waals surface area contributed by atoms with Gasteiger partial charge in [0.25, 0.3) is 0 Å². The molecule has 1 saturated heterocycles. The van der Waals surface area contributed by atoms with Crippen LogP contribution < -0.4 is 9.75 Å². The number of halogens is 1. The van der Waals surface area contributed by atoms with Crippen molar-refractivity contribution in [3.05, 3.63) is 59.1 Å². The lowest BCUT2D eigenvalue weighted by Gasteiger charge is -2.42. The van der Waals surface area contributed by atoms with E-state index in [1.54, 1.807) is 6.92 Å². The maximum Gasteiger partial charge on any atom is 0.176 e. The van der Waals surface area contributed by atoms with E-state index in [0.29, 0.717) is 17.3 Å². The molecule has 0 bridgehead atoms. The van der Waals surface area contributed by atoms with Gasteiger partial charge in [0, 0.05) is 25.0 Å². The normalized spacial score (nSPS) is 25.0. The third-order valence-corrected chi connectivity index (χ3v) is 7.07. The Kier molecular flexibility index (Phi) is 5.93. The molecule has 0 spiro atoms. The highest BCUT2D eigenvalue weighted by atomic mass is 35.5. The number of rotatable bonds is 6. The van der Waals surface area contributed by atoms with E-state index in [1.807, 2.05) is 41.4 Å². The molecule has 1 fully saturated rings. The zero-order valence-electron chi connectivity index (χ0n) is 18.3. The van der Waals surface area contributed by atoms with Gasteiger partial charge in [0.15, 0.2) is 5.78 Å². The molecule has 2 aromatic rings. The molecule has 0 saturated carbocycles. The molecule has 32 heavy (non-hydrogen) atoms. The Balaban J connectivity index is 1.54. The van der Waals surface area contributed by atoms with Crippen molar-refractivity contribution in [2.75, 3.05) is 44.5 Å². The van der Waals surface area contributed by atoms with Gasteiger partial charge in [-0.1, -0.05) is 41.9 Å². The van der Waals surface area contributed by atoms with Gasteiger partial charge in [0.05, 0.1) is 18.6 Å². The third-order valence-electron chi connectivity index (χ3n) is 6.83. The molecule has 2 atom stereocenters. The van der Waals surface area contributed by atoms with E-state index in [-0.39, 0.29) is 11.8 Å². The number of ketones is 1. The van der Waals surface area contributed by atoms with Crippen LogP contribution in [0.2, 0.25) is 5.02 Å². The minimum Gasteiger partial charge on any atom is -0.489 e. The molecule has 3 heterocycles. The summed E-state index contributed by atoms with van der Waals surface area (Å²) in [6, 6.07) is 15.8. The Hall–Kier alpha value is -2.41. The fourth-order valence-electron chi connectivity index (χ4n) is 5.31. The molecule has 168 valence electrons. The first kappa shape index (κ1) is 21.4. The van der Waals surface area contributed by atoms with Crippen LogP contribution in [0.4, 0.5) is 5.69 Å². The predicted molar refractivity (Wildman–Crippen MR) is 126 cm³/mol. The quantitative estimate of drug-likeness (QED) is 0.663. The summed E-state index contributed by atoms with van der Waals surface area (Å²) >= 11 is 6.31. The van der Waals surface area contributed by atoms with Crippen LogP contribution in [0, 0.1) is 0 Å². The van der Waals surface area contributed by atoms with Gasteiger partial charge in [0.2, 0.25) is 0 Å². The second-order valence-corrected chi connectivity index (χ2v) is 9.12. The zero-order valence-corrected chi connectivity index (χ0v) is 19.1. The summed E-state index contributed by atoms with van der Waals surface area (Å²) in [4.78, 5) is 15.4. The minimum absolute atomic E-state index is 0.00166. The SMILES string of the molecule is CC(=O)C1=NN2c3cc(Cl)ccc3OCC2[C@@]1(CCCN1CCOCC1)c1ccccc1. The first-order chi connectivity index (χ1) is 15.6. The fraction of sp³-hybridized carbons (Fsp3) is 0.440. The summed E-state index contributed by atoms with van der Waals surface area (Å²) in [5.41, 5.74) is 1.99. The second-order valence-electron chi connectivity index (χ2n) is 8.68. The number of carbonyl (C=O) groups is 1. The van der Waals surface area contributed by atoms with Crippen LogP contribution >= 0.6 is 11.6 Å². The molecule has 0 radical (unpaired) electrons. The van der Waals surface area contributed by atoms with Gasteiger partial charge in [-0.3, -0.25) is 14.7 Å². The molecule has 0 amide bonds. The van der Waals surface area contributed by atoms with Crippen molar-refractivity contribution in [1.29, 1.82) is 0 Å². The van der Waals surface area contributed by atoms with Gasteiger partial charge < -0.3 is 9.47 Å². The Morgan fingerprint density at radius 1 is 1.19 bits per heavy atom. The van der Waals surface area contributed by atoms with Crippen molar-refractivity contribution in [3.63, 3.8) is 0 Å². The largest absolute Gasteiger partial charge is 0.489 e. The molecule has 2 aromatic carbocycles. The molecule has 3 aliphatic rings. The molecule has 0 aliphatic carbocycles. The van der Waals surface area contributed by atoms with Crippen molar-refractivity contribution in [2.24, 2.45) is 5.10 Å². The van der Waals surface area contributed by atoms with Crippen molar-refractivity contribution >= 4 is 28.8 Å². The summed E-state index contributed by atoms with van der Waals surface area (Å²) in [6.07, 6.45) is 1.77. The molecule has 6 nitrogen and oxygen atoms in total. The molecule has 5 rings (SSSR count). The monoisotopic (exact) mass is 453 g/mol. The number of hydrazone groups is 1. The van der Waals surface area contributed by atoms with Gasteiger partial charge in [-0.25, -0.2) is 0 Å². The van der Waals surface area contributed by atoms with E-state index in [4.69, 9.17) is 26.2 Å². The highest BCUT2D eigenvalue weighted by molar-refractivity contribution is 6.43. The number of nitrogens with zero attached hydrogens (tertiary/aromatic N) is 3. The fourth-order valence-corrected chi connectivity index (χ4v) is 5.48. The number of morpholine rings is 1. The number of anilines is 1. The van der Waals surface area contributed by atoms with Crippen LogP contribution in [0.15, 0.2) is 53.6 Å². The van der Waals surface area contributed by atoms with Crippen molar-refractivity contribution < 1.29 is 14.3 Å². The molecule has 0 aromatic heterocycles. The highest BCUT2D eigenvalue weighted by Gasteiger charge is 2.55. The highest BCUT2D eigenvalue weighted by Crippen LogP contribution is 2.49. The Labute approximate surface area is 193 Å². The van der Waals surface area contributed by atoms with E-state index in [1.165, 1.54) is 0 Å². The first-order valence-corrected chi connectivity index (χ1v) is 11.6. The number of hydrogen-bond acceptors (Lipinski definition) is 6. The molecule has 7 heteroatoms. The zero-order chi connectivity index (χ0) is 22.1. The third kappa shape index (κ3) is 3.70. The maximum atomic E-state index is 13.0. The number of benzene rings is 2. The lowest BCUT2D eigenvalue weighted by Crippen LogP contribution is -2.54. The Morgan fingerprint density at radius 2 is 1.97 bits per heavy atom. The number of hydrogen-bond donors (Lipinski definition) is 0. The summed E-state index contributed by atoms with van der Waals surface area (Å²) in [5.74, 6) is 0.743. The van der Waals surface area contributed by atoms with Gasteiger partial charge in [-0.05, 0) is 43.1 Å². The van der Waals surface area contributed by atoms with Crippen LogP contribution in [-0.4, -0.2) is 61.9 Å². The van der Waals surface area contributed by atoms with Crippen molar-refractivity contribution in [3.8, 4) is 5.75 Å². The molecular formula is C25H28ClN3O3. The molecule has 3 aliphatic heterocycles. The lowest BCUT2D eigenvalue weighted by atomic mass is 9.67. The Morgan fingerprint density at radius 3 is 2.72 bits per heavy atom. The maximum absolute atomic E-state index is 13.0. The number of carbonyl (C=O) groups excluding carboxylic acids is 1. The number of fused-ring (bicyclic) bond motifs is 3. The van der Waals surface area contributed by atoms with E-state index in [9.17, 15) is 4.79 Å². The van der Waals surface area contributed by atoms with Gasteiger partial charge >= 0.3 is 0 Å². The van der Waals surface area contributed by atoms with Crippen LogP contribution in [-0.2, 0) is 14.9 Å². The van der Waals surface area contributed by atoms with Crippen LogP contribution in [0.3, 0.4) is 0 Å². The summed E-state index contributed by atoms with van der Waals surface area (Å²) in [6.45, 7) is 6.53. The number of Topliss-reactive ketones (excluding diaryl/α,β-unsaturated/α-hetero) is 1. The second kappa shape index (κ2) is 8.85. The average Bonchev–Trinajstić information content (AvgIpc) is 3.16. The van der Waals surface area contributed by atoms with Crippen LogP contribution in [0.5, 0.6) is 5.75 Å². The summed E-state index contributed by atoms with van der Waals surface area (Å²) in [5, 5.41) is 7.51. The summed E-state index contributed by atoms with van der Waals surface area (Å²) in [7, 11) is 0. The van der Waals surface area contributed by atoms with Gasteiger partial charge in [0.1, 0.15) is 29.8 Å². The van der Waals surface area contributed by atoms with E-state index in [0.717, 1.165) is 62.7 Å². The van der Waals surface area contributed by atoms with Crippen molar-refractivity contribution in [2.45, 2.75) is 31.2 Å². The standard InChI is InChI=1S/C25H28ClN3O3/c1-18(30)24-25(19-6-3-2-4-7-19,10-5-11-28-12-14-31-15-13-28)23-17-32-22-9-8-20(26)16-21(22)29(23)27-24/h2-4,6-9,16,23H,5,10-15,17H2,1H3/t23?,25-/m1/s1. The van der Waals surface area contributed by atoms with Crippen LogP contribution in [0.25, 0.3) is 0 Å². The van der Waals surface area contributed by atoms with E-state index >= 15 is 0 Å². The minimum atomic E-state index is -0.542. The lowest BCUT2D eigenvalue weighted by molar-refractivity contribution is -0.111. The summed E-state index contributed by atoms with van der Waals surface area (Å²) < 4.78 is 11.7. The molecular weight excluding hydrogens is 426 g/mol. The van der Waals surface area contributed by atoms with Gasteiger partial charge in [-0.2, -0.15) is 5.10 Å². The smallest absolute Gasteiger partial charge is 0.176 e. The molecule has 1 unspecified atom stereocenters. The molecule has 0 N–H and O–H groups in total. The van der Waals surface area contributed by atoms with E-state index < -0.39 is 5.41 Å². The predicted octanol–water partition coefficient (Wildman–Crippen LogP) is 3.92. The van der Waals surface area contributed by atoms with Gasteiger partial charge in [-0.15, -0.1) is 0 Å².